The molecule has 1 fully saturated rings. The molecule has 3 nitrogen and oxygen atoms in total. The Morgan fingerprint density at radius 3 is 2.89 bits per heavy atom. The second-order valence-electron chi connectivity index (χ2n) is 4.75. The van der Waals surface area contributed by atoms with E-state index in [1.54, 1.807) is 6.07 Å². The number of halogens is 1. The van der Waals surface area contributed by atoms with E-state index in [1.165, 1.54) is 12.1 Å². The van der Waals surface area contributed by atoms with Crippen molar-refractivity contribution in [1.29, 1.82) is 0 Å². The van der Waals surface area contributed by atoms with Gasteiger partial charge < -0.3 is 15.2 Å². The summed E-state index contributed by atoms with van der Waals surface area (Å²) in [6.07, 6.45) is 2.10. The Balaban J connectivity index is 1.72. The fourth-order valence-electron chi connectivity index (χ4n) is 2.11. The SMILES string of the molecule is NC(COCC1CCOCC1)c1cccc(F)c1. The molecule has 0 saturated carbocycles. The molecule has 0 aromatic heterocycles. The molecule has 1 atom stereocenters. The molecule has 1 unspecified atom stereocenters. The summed E-state index contributed by atoms with van der Waals surface area (Å²) in [5.41, 5.74) is 6.74. The van der Waals surface area contributed by atoms with Crippen LogP contribution in [0.5, 0.6) is 0 Å². The fraction of sp³-hybridized carbons (Fsp3) is 0.571. The van der Waals surface area contributed by atoms with Crippen LogP contribution in [0, 0.1) is 11.7 Å². The molecule has 1 aromatic carbocycles. The smallest absolute Gasteiger partial charge is 0.123 e. The van der Waals surface area contributed by atoms with Crippen molar-refractivity contribution in [3.05, 3.63) is 35.6 Å². The lowest BCUT2D eigenvalue weighted by atomic mass is 10.0. The molecular formula is C14H20FNO2. The van der Waals surface area contributed by atoms with Crippen LogP contribution in [0.25, 0.3) is 0 Å². The summed E-state index contributed by atoms with van der Waals surface area (Å²) in [7, 11) is 0. The van der Waals surface area contributed by atoms with Crippen LogP contribution in [-0.4, -0.2) is 26.4 Å². The van der Waals surface area contributed by atoms with Crippen molar-refractivity contribution in [2.24, 2.45) is 11.7 Å². The van der Waals surface area contributed by atoms with Gasteiger partial charge in [-0.15, -0.1) is 0 Å². The zero-order valence-corrected chi connectivity index (χ0v) is 10.5. The molecule has 4 heteroatoms. The van der Waals surface area contributed by atoms with Crippen LogP contribution in [0.4, 0.5) is 4.39 Å². The highest BCUT2D eigenvalue weighted by molar-refractivity contribution is 5.19. The predicted molar refractivity (Wildman–Crippen MR) is 67.7 cm³/mol. The predicted octanol–water partition coefficient (Wildman–Crippen LogP) is 2.27. The lowest BCUT2D eigenvalue weighted by molar-refractivity contribution is 0.0174. The number of hydrogen-bond donors (Lipinski definition) is 1. The Morgan fingerprint density at radius 2 is 2.17 bits per heavy atom. The molecule has 18 heavy (non-hydrogen) atoms. The van der Waals surface area contributed by atoms with Gasteiger partial charge in [0.2, 0.25) is 0 Å². The van der Waals surface area contributed by atoms with Gasteiger partial charge in [-0.2, -0.15) is 0 Å². The van der Waals surface area contributed by atoms with Gasteiger partial charge in [0, 0.05) is 19.8 Å². The normalized spacial score (nSPS) is 18.8. The van der Waals surface area contributed by atoms with E-state index < -0.39 is 0 Å². The third-order valence-corrected chi connectivity index (χ3v) is 3.27. The first-order chi connectivity index (χ1) is 8.75. The molecule has 1 saturated heterocycles. The molecule has 2 N–H and O–H groups in total. The van der Waals surface area contributed by atoms with E-state index in [2.05, 4.69) is 0 Å². The number of rotatable bonds is 5. The van der Waals surface area contributed by atoms with E-state index in [4.69, 9.17) is 15.2 Å². The molecule has 0 bridgehead atoms. The zero-order valence-electron chi connectivity index (χ0n) is 10.5. The third-order valence-electron chi connectivity index (χ3n) is 3.27. The minimum absolute atomic E-state index is 0.257. The average Bonchev–Trinajstić information content (AvgIpc) is 2.40. The van der Waals surface area contributed by atoms with E-state index in [0.29, 0.717) is 19.1 Å². The van der Waals surface area contributed by atoms with E-state index in [1.807, 2.05) is 6.07 Å². The van der Waals surface area contributed by atoms with Crippen molar-refractivity contribution in [2.75, 3.05) is 26.4 Å². The summed E-state index contributed by atoms with van der Waals surface area (Å²) in [6, 6.07) is 6.11. The van der Waals surface area contributed by atoms with Crippen LogP contribution < -0.4 is 5.73 Å². The van der Waals surface area contributed by atoms with Gasteiger partial charge in [-0.05, 0) is 36.5 Å². The van der Waals surface area contributed by atoms with Crippen LogP contribution in [-0.2, 0) is 9.47 Å². The zero-order chi connectivity index (χ0) is 12.8. The van der Waals surface area contributed by atoms with Gasteiger partial charge in [-0.3, -0.25) is 0 Å². The Morgan fingerprint density at radius 1 is 1.39 bits per heavy atom. The van der Waals surface area contributed by atoms with E-state index in [0.717, 1.165) is 31.6 Å². The van der Waals surface area contributed by atoms with Crippen molar-refractivity contribution in [2.45, 2.75) is 18.9 Å². The minimum atomic E-state index is -0.263. The summed E-state index contributed by atoms with van der Waals surface area (Å²) < 4.78 is 23.9. The summed E-state index contributed by atoms with van der Waals surface area (Å²) >= 11 is 0. The molecule has 1 aliphatic heterocycles. The summed E-state index contributed by atoms with van der Waals surface area (Å²) in [5.74, 6) is 0.311. The topological polar surface area (TPSA) is 44.5 Å². The Kier molecular flexibility index (Phi) is 5.11. The number of nitrogens with two attached hydrogens (primary N) is 1. The summed E-state index contributed by atoms with van der Waals surface area (Å²) in [5, 5.41) is 0. The highest BCUT2D eigenvalue weighted by atomic mass is 19.1. The standard InChI is InChI=1S/C14H20FNO2/c15-13-3-1-2-12(8-13)14(16)10-18-9-11-4-6-17-7-5-11/h1-3,8,11,14H,4-7,9-10,16H2. The van der Waals surface area contributed by atoms with Crippen LogP contribution >= 0.6 is 0 Å². The Bertz CT molecular complexity index is 367. The van der Waals surface area contributed by atoms with Crippen LogP contribution in [0.3, 0.4) is 0 Å². The molecule has 1 aromatic rings. The molecule has 0 radical (unpaired) electrons. The highest BCUT2D eigenvalue weighted by Gasteiger charge is 2.14. The first-order valence-electron chi connectivity index (χ1n) is 6.42. The second-order valence-corrected chi connectivity index (χ2v) is 4.75. The van der Waals surface area contributed by atoms with E-state index in [-0.39, 0.29) is 11.9 Å². The van der Waals surface area contributed by atoms with Gasteiger partial charge >= 0.3 is 0 Å². The van der Waals surface area contributed by atoms with Crippen LogP contribution in [0.2, 0.25) is 0 Å². The summed E-state index contributed by atoms with van der Waals surface area (Å²) in [6.45, 7) is 2.79. The lowest BCUT2D eigenvalue weighted by Gasteiger charge is -2.22. The number of hydrogen-bond acceptors (Lipinski definition) is 3. The van der Waals surface area contributed by atoms with Gasteiger partial charge in [0.05, 0.1) is 12.6 Å². The number of benzene rings is 1. The van der Waals surface area contributed by atoms with Crippen molar-refractivity contribution in [3.8, 4) is 0 Å². The maximum atomic E-state index is 13.0. The summed E-state index contributed by atoms with van der Waals surface area (Å²) in [4.78, 5) is 0. The molecule has 0 spiro atoms. The first kappa shape index (κ1) is 13.5. The maximum Gasteiger partial charge on any atom is 0.123 e. The third kappa shape index (κ3) is 4.05. The fourth-order valence-corrected chi connectivity index (χ4v) is 2.11. The van der Waals surface area contributed by atoms with E-state index >= 15 is 0 Å². The number of ether oxygens (including phenoxy) is 2. The molecule has 0 aliphatic carbocycles. The Labute approximate surface area is 107 Å². The highest BCUT2D eigenvalue weighted by Crippen LogP contribution is 2.16. The van der Waals surface area contributed by atoms with Gasteiger partial charge in [0.15, 0.2) is 0 Å². The molecule has 100 valence electrons. The van der Waals surface area contributed by atoms with Crippen LogP contribution in [0.1, 0.15) is 24.4 Å². The molecule has 0 amide bonds. The maximum absolute atomic E-state index is 13.0. The van der Waals surface area contributed by atoms with Gasteiger partial charge in [-0.25, -0.2) is 4.39 Å². The van der Waals surface area contributed by atoms with Gasteiger partial charge in [0.1, 0.15) is 5.82 Å². The van der Waals surface area contributed by atoms with Crippen molar-refractivity contribution in [1.82, 2.24) is 0 Å². The molecule has 2 rings (SSSR count). The van der Waals surface area contributed by atoms with Crippen LogP contribution in [0.15, 0.2) is 24.3 Å². The molecule has 1 heterocycles. The van der Waals surface area contributed by atoms with Gasteiger partial charge in [0.25, 0.3) is 0 Å². The minimum Gasteiger partial charge on any atom is -0.381 e. The average molecular weight is 253 g/mol. The molecule has 1 aliphatic rings. The first-order valence-corrected chi connectivity index (χ1v) is 6.42. The van der Waals surface area contributed by atoms with Gasteiger partial charge in [-0.1, -0.05) is 12.1 Å². The second kappa shape index (κ2) is 6.83. The van der Waals surface area contributed by atoms with Crippen molar-refractivity contribution >= 4 is 0 Å². The molecular weight excluding hydrogens is 233 g/mol. The monoisotopic (exact) mass is 253 g/mol. The Hall–Kier alpha value is -0.970. The van der Waals surface area contributed by atoms with Crippen molar-refractivity contribution in [3.63, 3.8) is 0 Å². The quantitative estimate of drug-likeness (QED) is 0.875. The largest absolute Gasteiger partial charge is 0.381 e. The van der Waals surface area contributed by atoms with Crippen molar-refractivity contribution < 1.29 is 13.9 Å². The van der Waals surface area contributed by atoms with E-state index in [9.17, 15) is 4.39 Å². The lowest BCUT2D eigenvalue weighted by Crippen LogP contribution is -2.23.